The molecule has 0 aromatic heterocycles. The molecule has 0 atom stereocenters. The van der Waals surface area contributed by atoms with Crippen LogP contribution in [-0.2, 0) is 12.8 Å². The highest BCUT2D eigenvalue weighted by atomic mass is 16.4. The van der Waals surface area contributed by atoms with E-state index in [0.717, 1.165) is 12.0 Å². The van der Waals surface area contributed by atoms with Gasteiger partial charge < -0.3 is 5.11 Å². The van der Waals surface area contributed by atoms with Crippen molar-refractivity contribution >= 4 is 5.97 Å². The Kier molecular flexibility index (Phi) is 2.63. The van der Waals surface area contributed by atoms with Crippen molar-refractivity contribution < 1.29 is 9.90 Å². The van der Waals surface area contributed by atoms with Crippen LogP contribution in [0, 0.1) is 0 Å². The first-order valence-corrected chi connectivity index (χ1v) is 6.19. The number of aryl methyl sites for hydroxylation is 2. The van der Waals surface area contributed by atoms with E-state index in [4.69, 9.17) is 5.11 Å². The van der Waals surface area contributed by atoms with Gasteiger partial charge in [-0.1, -0.05) is 30.3 Å². The smallest absolute Gasteiger partial charge is 0.335 e. The maximum Gasteiger partial charge on any atom is 0.335 e. The highest BCUT2D eigenvalue weighted by Gasteiger charge is 2.11. The van der Waals surface area contributed by atoms with Crippen molar-refractivity contribution in [3.63, 3.8) is 0 Å². The molecule has 0 radical (unpaired) electrons. The first kappa shape index (κ1) is 11.0. The van der Waals surface area contributed by atoms with Gasteiger partial charge in [-0.3, -0.25) is 0 Å². The minimum Gasteiger partial charge on any atom is -0.478 e. The van der Waals surface area contributed by atoms with Crippen molar-refractivity contribution in [1.82, 2.24) is 0 Å². The molecule has 2 nitrogen and oxygen atoms in total. The van der Waals surface area contributed by atoms with Gasteiger partial charge in [-0.15, -0.1) is 0 Å². The minimum atomic E-state index is -0.879. The van der Waals surface area contributed by atoms with Crippen molar-refractivity contribution in [2.75, 3.05) is 0 Å². The van der Waals surface area contributed by atoms with Crippen LogP contribution in [0.3, 0.4) is 0 Å². The molecule has 0 saturated heterocycles. The summed E-state index contributed by atoms with van der Waals surface area (Å²) in [6.07, 6.45) is 3.60. The maximum atomic E-state index is 10.8. The van der Waals surface area contributed by atoms with Crippen LogP contribution in [0.25, 0.3) is 11.1 Å². The van der Waals surface area contributed by atoms with Crippen molar-refractivity contribution in [3.05, 3.63) is 59.2 Å². The van der Waals surface area contributed by atoms with Gasteiger partial charge in [0.15, 0.2) is 0 Å². The van der Waals surface area contributed by atoms with Crippen molar-refractivity contribution in [2.45, 2.75) is 19.3 Å². The third-order valence-corrected chi connectivity index (χ3v) is 3.56. The number of aromatic carboxylic acids is 1. The van der Waals surface area contributed by atoms with Crippen molar-refractivity contribution in [2.24, 2.45) is 0 Å². The summed E-state index contributed by atoms with van der Waals surface area (Å²) in [7, 11) is 0. The number of hydrogen-bond acceptors (Lipinski definition) is 1. The predicted octanol–water partition coefficient (Wildman–Crippen LogP) is 3.54. The summed E-state index contributed by atoms with van der Waals surface area (Å²) in [5, 5.41) is 8.87. The summed E-state index contributed by atoms with van der Waals surface area (Å²) in [6, 6.07) is 13.6. The van der Waals surface area contributed by atoms with Crippen LogP contribution in [0.1, 0.15) is 27.9 Å². The van der Waals surface area contributed by atoms with Crippen molar-refractivity contribution in [1.29, 1.82) is 0 Å². The molecule has 1 aliphatic rings. The first-order valence-electron chi connectivity index (χ1n) is 6.19. The van der Waals surface area contributed by atoms with E-state index in [0.29, 0.717) is 5.56 Å². The molecule has 90 valence electrons. The van der Waals surface area contributed by atoms with Gasteiger partial charge in [-0.05, 0) is 53.6 Å². The highest BCUT2D eigenvalue weighted by molar-refractivity contribution is 5.88. The second kappa shape index (κ2) is 4.30. The molecule has 1 aliphatic carbocycles. The molecule has 3 rings (SSSR count). The van der Waals surface area contributed by atoms with Gasteiger partial charge in [0.2, 0.25) is 0 Å². The van der Waals surface area contributed by atoms with Crippen LogP contribution in [0.4, 0.5) is 0 Å². The zero-order valence-corrected chi connectivity index (χ0v) is 10.0. The Morgan fingerprint density at radius 1 is 0.889 bits per heavy atom. The summed E-state index contributed by atoms with van der Waals surface area (Å²) in [4.78, 5) is 10.8. The van der Waals surface area contributed by atoms with Crippen molar-refractivity contribution in [3.8, 4) is 11.1 Å². The van der Waals surface area contributed by atoms with Crippen LogP contribution in [-0.4, -0.2) is 11.1 Å². The molecule has 1 N–H and O–H groups in total. The molecule has 0 spiro atoms. The standard InChI is InChI=1S/C16H14O2/c17-16(18)13-7-4-12(5-8-13)15-9-6-11-2-1-3-14(11)10-15/h4-10H,1-3H2,(H,17,18). The third kappa shape index (κ3) is 1.90. The molecular formula is C16H14O2. The minimum absolute atomic E-state index is 0.333. The fourth-order valence-corrected chi connectivity index (χ4v) is 2.56. The lowest BCUT2D eigenvalue weighted by atomic mass is 10.00. The lowest BCUT2D eigenvalue weighted by molar-refractivity contribution is 0.0697. The molecule has 0 saturated carbocycles. The third-order valence-electron chi connectivity index (χ3n) is 3.56. The number of fused-ring (bicyclic) bond motifs is 1. The summed E-state index contributed by atoms with van der Waals surface area (Å²) in [5.74, 6) is -0.879. The molecule has 18 heavy (non-hydrogen) atoms. The Labute approximate surface area is 106 Å². The molecule has 0 aliphatic heterocycles. The molecule has 0 unspecified atom stereocenters. The quantitative estimate of drug-likeness (QED) is 0.868. The Hall–Kier alpha value is -2.09. The van der Waals surface area contributed by atoms with Crippen LogP contribution in [0.5, 0.6) is 0 Å². The summed E-state index contributed by atoms with van der Waals surface area (Å²) in [6.45, 7) is 0. The van der Waals surface area contributed by atoms with E-state index in [1.54, 1.807) is 12.1 Å². The fourth-order valence-electron chi connectivity index (χ4n) is 2.56. The maximum absolute atomic E-state index is 10.8. The van der Waals surface area contributed by atoms with Gasteiger partial charge in [0.25, 0.3) is 0 Å². The van der Waals surface area contributed by atoms with E-state index >= 15 is 0 Å². The second-order valence-corrected chi connectivity index (χ2v) is 4.72. The lowest BCUT2D eigenvalue weighted by Gasteiger charge is -2.05. The molecule has 0 heterocycles. The number of carbonyl (C=O) groups is 1. The van der Waals surface area contributed by atoms with E-state index in [2.05, 4.69) is 18.2 Å². The average molecular weight is 238 g/mol. The Morgan fingerprint density at radius 3 is 2.28 bits per heavy atom. The zero-order chi connectivity index (χ0) is 12.5. The molecule has 2 heteroatoms. The molecule has 2 aromatic carbocycles. The summed E-state index contributed by atoms with van der Waals surface area (Å²) < 4.78 is 0. The number of hydrogen-bond donors (Lipinski definition) is 1. The summed E-state index contributed by atoms with van der Waals surface area (Å²) >= 11 is 0. The number of rotatable bonds is 2. The average Bonchev–Trinajstić information content (AvgIpc) is 2.86. The van der Waals surface area contributed by atoms with E-state index in [9.17, 15) is 4.79 Å². The molecular weight excluding hydrogens is 224 g/mol. The number of carboxylic acids is 1. The SMILES string of the molecule is O=C(O)c1ccc(-c2ccc3c(c2)CCC3)cc1. The first-order chi connectivity index (χ1) is 8.74. The monoisotopic (exact) mass is 238 g/mol. The molecule has 0 fully saturated rings. The van der Waals surface area contributed by atoms with Crippen LogP contribution in [0.15, 0.2) is 42.5 Å². The van der Waals surface area contributed by atoms with Gasteiger partial charge in [0.1, 0.15) is 0 Å². The van der Waals surface area contributed by atoms with Crippen LogP contribution in [0.2, 0.25) is 0 Å². The van der Waals surface area contributed by atoms with E-state index in [-0.39, 0.29) is 0 Å². The van der Waals surface area contributed by atoms with Gasteiger partial charge in [-0.2, -0.15) is 0 Å². The zero-order valence-electron chi connectivity index (χ0n) is 10.0. The fraction of sp³-hybridized carbons (Fsp3) is 0.188. The van der Waals surface area contributed by atoms with E-state index in [1.807, 2.05) is 12.1 Å². The van der Waals surface area contributed by atoms with Gasteiger partial charge in [0, 0.05) is 0 Å². The highest BCUT2D eigenvalue weighted by Crippen LogP contribution is 2.28. The Bertz CT molecular complexity index is 597. The predicted molar refractivity (Wildman–Crippen MR) is 70.9 cm³/mol. The van der Waals surface area contributed by atoms with Crippen LogP contribution < -0.4 is 0 Å². The summed E-state index contributed by atoms with van der Waals surface area (Å²) in [5.41, 5.74) is 5.48. The second-order valence-electron chi connectivity index (χ2n) is 4.72. The van der Waals surface area contributed by atoms with Gasteiger partial charge in [-0.25, -0.2) is 4.79 Å². The normalized spacial score (nSPS) is 13.3. The number of carboxylic acid groups (broad SMARTS) is 1. The number of benzene rings is 2. The van der Waals surface area contributed by atoms with E-state index < -0.39 is 5.97 Å². The van der Waals surface area contributed by atoms with Gasteiger partial charge >= 0.3 is 5.97 Å². The van der Waals surface area contributed by atoms with Gasteiger partial charge in [0.05, 0.1) is 5.56 Å². The van der Waals surface area contributed by atoms with E-state index in [1.165, 1.54) is 29.5 Å². The Morgan fingerprint density at radius 2 is 1.56 bits per heavy atom. The lowest BCUT2D eigenvalue weighted by Crippen LogP contribution is -1.95. The Balaban J connectivity index is 1.97. The molecule has 0 bridgehead atoms. The largest absolute Gasteiger partial charge is 0.478 e. The molecule has 0 amide bonds. The topological polar surface area (TPSA) is 37.3 Å². The van der Waals surface area contributed by atoms with Crippen LogP contribution >= 0.6 is 0 Å². The molecule has 2 aromatic rings.